The molecule has 0 aliphatic carbocycles. The number of aromatic carboxylic acids is 1. The highest BCUT2D eigenvalue weighted by molar-refractivity contribution is 7.98. The number of nitrogens with zero attached hydrogens (tertiary/aromatic N) is 4. The van der Waals surface area contributed by atoms with Crippen LogP contribution in [0.3, 0.4) is 0 Å². The minimum absolute atomic E-state index is 0.0264. The summed E-state index contributed by atoms with van der Waals surface area (Å²) in [6.07, 6.45) is -1.02. The molecule has 0 aliphatic rings. The van der Waals surface area contributed by atoms with Gasteiger partial charge in [-0.15, -0.1) is 0 Å². The van der Waals surface area contributed by atoms with Crippen molar-refractivity contribution in [1.29, 1.82) is 10.5 Å². The Morgan fingerprint density at radius 1 is 1.07 bits per heavy atom. The maximum absolute atomic E-state index is 11.1. The standard InChI is InChI=1S/C28H23N5O6S/c1-15-23(32-26(39-15)17-2-4-18(5-3-17)28(36)37)14-40-27-22(11-30)24(21(10-29)25(31)33-27)16-6-8-20(9-7-16)38-13-19(35)12-34/h2-9,19,34-35H,12-14H2,1H3,(H2,31,33)(H,36,37). The van der Waals surface area contributed by atoms with Crippen LogP contribution in [0.25, 0.3) is 22.6 Å². The minimum Gasteiger partial charge on any atom is -0.491 e. The molecule has 4 aromatic rings. The molecule has 2 aromatic heterocycles. The third kappa shape index (κ3) is 6.06. The van der Waals surface area contributed by atoms with Gasteiger partial charge in [-0.25, -0.2) is 14.8 Å². The van der Waals surface area contributed by atoms with Gasteiger partial charge in [0.25, 0.3) is 0 Å². The van der Waals surface area contributed by atoms with Gasteiger partial charge in [0.05, 0.1) is 23.4 Å². The van der Waals surface area contributed by atoms with Gasteiger partial charge >= 0.3 is 5.97 Å². The van der Waals surface area contributed by atoms with Gasteiger partial charge in [0.15, 0.2) is 0 Å². The van der Waals surface area contributed by atoms with Gasteiger partial charge < -0.3 is 30.2 Å². The average molecular weight is 558 g/mol. The molecule has 202 valence electrons. The summed E-state index contributed by atoms with van der Waals surface area (Å²) in [6.45, 7) is 1.22. The molecule has 0 spiro atoms. The first kappa shape index (κ1) is 28.1. The highest BCUT2D eigenvalue weighted by Crippen LogP contribution is 2.37. The van der Waals surface area contributed by atoms with E-state index in [1.54, 1.807) is 43.3 Å². The highest BCUT2D eigenvalue weighted by Gasteiger charge is 2.22. The number of aliphatic hydroxyl groups excluding tert-OH is 2. The van der Waals surface area contributed by atoms with E-state index < -0.39 is 18.7 Å². The van der Waals surface area contributed by atoms with Crippen molar-refractivity contribution in [3.63, 3.8) is 0 Å². The number of benzene rings is 2. The predicted molar refractivity (Wildman–Crippen MR) is 145 cm³/mol. The van der Waals surface area contributed by atoms with Crippen LogP contribution in [0.15, 0.2) is 58.0 Å². The number of nitrogen functional groups attached to an aromatic ring is 1. The summed E-state index contributed by atoms with van der Waals surface area (Å²) in [5, 5.41) is 47.7. The normalized spacial score (nSPS) is 11.4. The zero-order valence-corrected chi connectivity index (χ0v) is 22.0. The number of hydrogen-bond donors (Lipinski definition) is 4. The third-order valence-corrected chi connectivity index (χ3v) is 6.82. The van der Waals surface area contributed by atoms with Crippen molar-refractivity contribution in [3.05, 3.63) is 76.7 Å². The first-order valence-corrected chi connectivity index (χ1v) is 12.8. The van der Waals surface area contributed by atoms with Crippen LogP contribution in [0, 0.1) is 29.6 Å². The Labute approximate surface area is 233 Å². The molecule has 0 bridgehead atoms. The van der Waals surface area contributed by atoms with Crippen LogP contribution >= 0.6 is 11.8 Å². The van der Waals surface area contributed by atoms with Crippen LogP contribution < -0.4 is 10.5 Å². The maximum atomic E-state index is 11.1. The van der Waals surface area contributed by atoms with E-state index in [9.17, 15) is 20.4 Å². The van der Waals surface area contributed by atoms with Crippen LogP contribution in [-0.2, 0) is 5.75 Å². The average Bonchev–Trinajstić information content (AvgIpc) is 3.34. The van der Waals surface area contributed by atoms with Gasteiger partial charge in [-0.3, -0.25) is 0 Å². The number of aromatic nitrogens is 2. The lowest BCUT2D eigenvalue weighted by Crippen LogP contribution is -2.21. The van der Waals surface area contributed by atoms with Crippen molar-refractivity contribution in [2.24, 2.45) is 0 Å². The summed E-state index contributed by atoms with van der Waals surface area (Å²) in [6, 6.07) is 16.9. The number of carboxylic acids is 1. The number of ether oxygens (including phenoxy) is 1. The number of carbonyl (C=O) groups is 1. The molecule has 0 saturated heterocycles. The smallest absolute Gasteiger partial charge is 0.335 e. The van der Waals surface area contributed by atoms with E-state index >= 15 is 0 Å². The van der Waals surface area contributed by atoms with E-state index in [0.717, 1.165) is 0 Å². The summed E-state index contributed by atoms with van der Waals surface area (Å²) in [4.78, 5) is 20.0. The van der Waals surface area contributed by atoms with Gasteiger partial charge in [-0.05, 0) is 48.9 Å². The van der Waals surface area contributed by atoms with E-state index in [0.29, 0.717) is 44.8 Å². The molecular weight excluding hydrogens is 534 g/mol. The van der Waals surface area contributed by atoms with E-state index in [2.05, 4.69) is 16.0 Å². The predicted octanol–water partition coefficient (Wildman–Crippen LogP) is 3.76. The first-order chi connectivity index (χ1) is 19.2. The Kier molecular flexibility index (Phi) is 8.67. The SMILES string of the molecule is Cc1oc(-c2ccc(C(=O)O)cc2)nc1CSc1nc(N)c(C#N)c(-c2ccc(OCC(O)CO)cc2)c1C#N. The molecule has 0 aliphatic heterocycles. The quantitative estimate of drug-likeness (QED) is 0.206. The molecule has 0 fully saturated rings. The third-order valence-electron chi connectivity index (χ3n) is 5.83. The molecule has 12 heteroatoms. The first-order valence-electron chi connectivity index (χ1n) is 11.8. The van der Waals surface area contributed by atoms with Crippen molar-refractivity contribution in [1.82, 2.24) is 9.97 Å². The van der Waals surface area contributed by atoms with Gasteiger partial charge in [-0.1, -0.05) is 23.9 Å². The number of nitriles is 2. The Bertz CT molecular complexity index is 1620. The van der Waals surface area contributed by atoms with Gasteiger partial charge in [0, 0.05) is 16.9 Å². The van der Waals surface area contributed by atoms with Crippen LogP contribution in [-0.4, -0.2) is 50.6 Å². The molecule has 5 N–H and O–H groups in total. The fourth-order valence-electron chi connectivity index (χ4n) is 3.73. The summed E-state index contributed by atoms with van der Waals surface area (Å²) in [5.74, 6) is 0.534. The van der Waals surface area contributed by atoms with Crippen molar-refractivity contribution in [3.8, 4) is 40.5 Å². The maximum Gasteiger partial charge on any atom is 0.335 e. The molecule has 2 aromatic carbocycles. The van der Waals surface area contributed by atoms with Crippen LogP contribution in [0.1, 0.15) is 32.9 Å². The van der Waals surface area contributed by atoms with Crippen LogP contribution in [0.4, 0.5) is 5.82 Å². The Morgan fingerprint density at radius 2 is 1.73 bits per heavy atom. The number of pyridine rings is 1. The lowest BCUT2D eigenvalue weighted by atomic mass is 9.97. The van der Waals surface area contributed by atoms with E-state index in [-0.39, 0.29) is 34.9 Å². The molecule has 2 heterocycles. The topological polar surface area (TPSA) is 200 Å². The number of carboxylic acid groups (broad SMARTS) is 1. The summed E-state index contributed by atoms with van der Waals surface area (Å²) in [7, 11) is 0. The summed E-state index contributed by atoms with van der Waals surface area (Å²) >= 11 is 1.21. The van der Waals surface area contributed by atoms with E-state index in [4.69, 9.17) is 25.1 Å². The molecule has 40 heavy (non-hydrogen) atoms. The number of nitrogens with two attached hydrogens (primary N) is 1. The van der Waals surface area contributed by atoms with Crippen molar-refractivity contribution >= 4 is 23.5 Å². The molecular formula is C28H23N5O6S. The highest BCUT2D eigenvalue weighted by atomic mass is 32.2. The van der Waals surface area contributed by atoms with Crippen molar-refractivity contribution in [2.45, 2.75) is 23.8 Å². The lowest BCUT2D eigenvalue weighted by molar-refractivity contribution is 0.0536. The number of aliphatic hydroxyl groups is 2. The second-order valence-electron chi connectivity index (χ2n) is 8.52. The fraction of sp³-hybridized carbons (Fsp3) is 0.179. The van der Waals surface area contributed by atoms with E-state index in [1.165, 1.54) is 23.9 Å². The summed E-state index contributed by atoms with van der Waals surface area (Å²) < 4.78 is 11.2. The van der Waals surface area contributed by atoms with Crippen LogP contribution in [0.5, 0.6) is 5.75 Å². The number of oxazole rings is 1. The molecule has 0 saturated carbocycles. The second kappa shape index (κ2) is 12.3. The Morgan fingerprint density at radius 3 is 2.33 bits per heavy atom. The lowest BCUT2D eigenvalue weighted by Gasteiger charge is -2.14. The van der Waals surface area contributed by atoms with Crippen molar-refractivity contribution < 1.29 is 29.3 Å². The van der Waals surface area contributed by atoms with Crippen molar-refractivity contribution in [2.75, 3.05) is 18.9 Å². The number of aryl methyl sites for hydroxylation is 1. The minimum atomic E-state index is -1.03. The number of rotatable bonds is 10. The Hall–Kier alpha value is -4.88. The number of thioether (sulfide) groups is 1. The molecule has 1 unspecified atom stereocenters. The van der Waals surface area contributed by atoms with Gasteiger partial charge in [0.1, 0.15) is 52.8 Å². The number of anilines is 1. The van der Waals surface area contributed by atoms with Gasteiger partial charge in [-0.2, -0.15) is 10.5 Å². The molecule has 0 amide bonds. The molecule has 0 radical (unpaired) electrons. The fourth-order valence-corrected chi connectivity index (χ4v) is 4.73. The zero-order chi connectivity index (χ0) is 28.8. The zero-order valence-electron chi connectivity index (χ0n) is 21.2. The number of hydrogen-bond acceptors (Lipinski definition) is 11. The van der Waals surface area contributed by atoms with Gasteiger partial charge in [0.2, 0.25) is 5.89 Å². The largest absolute Gasteiger partial charge is 0.491 e. The monoisotopic (exact) mass is 557 g/mol. The van der Waals surface area contributed by atoms with Crippen LogP contribution in [0.2, 0.25) is 0 Å². The molecule has 1 atom stereocenters. The molecule has 4 rings (SSSR count). The second-order valence-corrected chi connectivity index (χ2v) is 9.48. The summed E-state index contributed by atoms with van der Waals surface area (Å²) in [5.41, 5.74) is 8.60. The molecule has 11 nitrogen and oxygen atoms in total. The Balaban J connectivity index is 1.61. The van der Waals surface area contributed by atoms with E-state index in [1.807, 2.05) is 6.07 Å².